The van der Waals surface area contributed by atoms with Gasteiger partial charge in [-0.1, -0.05) is 72.8 Å². The number of carbonyl (C=O) groups is 2. The molecule has 0 aliphatic carbocycles. The predicted molar refractivity (Wildman–Crippen MR) is 149 cm³/mol. The molecule has 0 fully saturated rings. The van der Waals surface area contributed by atoms with E-state index < -0.39 is 6.04 Å². The summed E-state index contributed by atoms with van der Waals surface area (Å²) in [6.45, 7) is 2.02. The number of phenols is 1. The van der Waals surface area contributed by atoms with Crippen molar-refractivity contribution in [2.45, 2.75) is 19.5 Å². The molecule has 5 rings (SSSR count). The molecule has 0 radical (unpaired) electrons. The Morgan fingerprint density at radius 1 is 0.789 bits per heavy atom. The SMILES string of the molecule is CC(NC(=O)c1cccc(-c2cc(O)c3ncccc3c2)c1)C(=O)NCc1ccc(-c2ccccc2)cc1. The Morgan fingerprint density at radius 3 is 2.32 bits per heavy atom. The average molecular weight is 502 g/mol. The summed E-state index contributed by atoms with van der Waals surface area (Å²) >= 11 is 0. The quantitative estimate of drug-likeness (QED) is 0.266. The molecule has 0 saturated carbocycles. The van der Waals surface area contributed by atoms with Crippen LogP contribution in [0.3, 0.4) is 0 Å². The maximum atomic E-state index is 12.9. The summed E-state index contributed by atoms with van der Waals surface area (Å²) in [4.78, 5) is 29.8. The van der Waals surface area contributed by atoms with Crippen LogP contribution in [-0.4, -0.2) is 27.9 Å². The Hall–Kier alpha value is -4.97. The molecule has 0 bridgehead atoms. The van der Waals surface area contributed by atoms with Gasteiger partial charge in [0.2, 0.25) is 5.91 Å². The number of amides is 2. The first-order valence-electron chi connectivity index (χ1n) is 12.4. The van der Waals surface area contributed by atoms with Gasteiger partial charge in [0.15, 0.2) is 0 Å². The fourth-order valence-electron chi connectivity index (χ4n) is 4.31. The van der Waals surface area contributed by atoms with E-state index >= 15 is 0 Å². The zero-order valence-corrected chi connectivity index (χ0v) is 20.9. The van der Waals surface area contributed by atoms with E-state index in [0.717, 1.165) is 33.2 Å². The van der Waals surface area contributed by atoms with Crippen LogP contribution >= 0.6 is 0 Å². The summed E-state index contributed by atoms with van der Waals surface area (Å²) in [5.41, 5.74) is 5.70. The predicted octanol–water partition coefficient (Wildman–Crippen LogP) is 5.71. The Kier molecular flexibility index (Phi) is 7.13. The maximum absolute atomic E-state index is 12.9. The van der Waals surface area contributed by atoms with Crippen molar-refractivity contribution >= 4 is 22.7 Å². The Labute approximate surface area is 221 Å². The van der Waals surface area contributed by atoms with Gasteiger partial charge < -0.3 is 15.7 Å². The first-order chi connectivity index (χ1) is 18.5. The lowest BCUT2D eigenvalue weighted by Gasteiger charge is -2.15. The van der Waals surface area contributed by atoms with Crippen LogP contribution in [0.15, 0.2) is 109 Å². The molecule has 0 aliphatic heterocycles. The number of benzene rings is 4. The molecule has 1 aromatic heterocycles. The first kappa shape index (κ1) is 24.7. The number of hydrogen-bond donors (Lipinski definition) is 3. The van der Waals surface area contributed by atoms with Crippen molar-refractivity contribution in [2.24, 2.45) is 0 Å². The van der Waals surface area contributed by atoms with Gasteiger partial charge >= 0.3 is 0 Å². The highest BCUT2D eigenvalue weighted by Gasteiger charge is 2.17. The van der Waals surface area contributed by atoms with Gasteiger partial charge in [-0.25, -0.2) is 0 Å². The maximum Gasteiger partial charge on any atom is 0.251 e. The van der Waals surface area contributed by atoms with Crippen molar-refractivity contribution in [3.63, 3.8) is 0 Å². The van der Waals surface area contributed by atoms with Crippen LogP contribution in [-0.2, 0) is 11.3 Å². The van der Waals surface area contributed by atoms with Crippen LogP contribution < -0.4 is 10.6 Å². The molecule has 188 valence electrons. The second kappa shape index (κ2) is 11.0. The Balaban J connectivity index is 1.20. The van der Waals surface area contributed by atoms with Crippen LogP contribution in [0, 0.1) is 0 Å². The van der Waals surface area contributed by atoms with E-state index in [1.54, 1.807) is 37.4 Å². The normalized spacial score (nSPS) is 11.6. The fourth-order valence-corrected chi connectivity index (χ4v) is 4.31. The summed E-state index contributed by atoms with van der Waals surface area (Å²) < 4.78 is 0. The third kappa shape index (κ3) is 5.55. The lowest BCUT2D eigenvalue weighted by Crippen LogP contribution is -2.44. The zero-order chi connectivity index (χ0) is 26.5. The second-order valence-corrected chi connectivity index (χ2v) is 9.13. The number of aromatic nitrogens is 1. The van der Waals surface area contributed by atoms with Crippen molar-refractivity contribution in [1.82, 2.24) is 15.6 Å². The number of carbonyl (C=O) groups excluding carboxylic acids is 2. The minimum Gasteiger partial charge on any atom is -0.506 e. The highest BCUT2D eigenvalue weighted by atomic mass is 16.3. The van der Waals surface area contributed by atoms with Gasteiger partial charge in [0.1, 0.15) is 17.3 Å². The molecule has 6 heteroatoms. The largest absolute Gasteiger partial charge is 0.506 e. The minimum atomic E-state index is -0.717. The number of phenolic OH excluding ortho intramolecular Hbond substituents is 1. The molecular formula is C32H27N3O3. The number of pyridine rings is 1. The standard InChI is InChI=1S/C32H27N3O3/c1-21(31(37)34-20-22-12-14-24(15-13-22)23-7-3-2-4-8-23)35-32(38)27-10-5-9-25(17-27)28-18-26-11-6-16-33-30(26)29(36)19-28/h2-19,21,36H,20H2,1H3,(H,34,37)(H,35,38). The van der Waals surface area contributed by atoms with E-state index in [9.17, 15) is 14.7 Å². The first-order valence-corrected chi connectivity index (χ1v) is 12.4. The molecule has 6 nitrogen and oxygen atoms in total. The van der Waals surface area contributed by atoms with Gasteiger partial charge in [-0.2, -0.15) is 0 Å². The average Bonchev–Trinajstić information content (AvgIpc) is 2.96. The van der Waals surface area contributed by atoms with Gasteiger partial charge in [0.25, 0.3) is 5.91 Å². The van der Waals surface area contributed by atoms with E-state index in [4.69, 9.17) is 0 Å². The van der Waals surface area contributed by atoms with E-state index in [0.29, 0.717) is 17.6 Å². The molecule has 3 N–H and O–H groups in total. The summed E-state index contributed by atoms with van der Waals surface area (Å²) in [7, 11) is 0. The molecule has 0 aliphatic rings. The number of aromatic hydroxyl groups is 1. The Bertz CT molecular complexity index is 1600. The van der Waals surface area contributed by atoms with Crippen LogP contribution in [0.25, 0.3) is 33.2 Å². The molecule has 1 heterocycles. The highest BCUT2D eigenvalue weighted by Crippen LogP contribution is 2.30. The third-order valence-electron chi connectivity index (χ3n) is 6.41. The third-order valence-corrected chi connectivity index (χ3v) is 6.41. The van der Waals surface area contributed by atoms with Gasteiger partial charge in [-0.15, -0.1) is 0 Å². The molecule has 0 spiro atoms. The number of hydrogen-bond acceptors (Lipinski definition) is 4. The van der Waals surface area contributed by atoms with E-state index in [-0.39, 0.29) is 17.6 Å². The molecule has 38 heavy (non-hydrogen) atoms. The Morgan fingerprint density at radius 2 is 1.53 bits per heavy atom. The van der Waals surface area contributed by atoms with Crippen LogP contribution in [0.4, 0.5) is 0 Å². The lowest BCUT2D eigenvalue weighted by molar-refractivity contribution is -0.122. The number of nitrogens with one attached hydrogen (secondary N) is 2. The molecular weight excluding hydrogens is 474 g/mol. The smallest absolute Gasteiger partial charge is 0.251 e. The summed E-state index contributed by atoms with van der Waals surface area (Å²) in [5.74, 6) is -0.546. The van der Waals surface area contributed by atoms with E-state index in [1.807, 2.05) is 66.7 Å². The minimum absolute atomic E-state index is 0.0768. The highest BCUT2D eigenvalue weighted by molar-refractivity contribution is 5.99. The zero-order valence-electron chi connectivity index (χ0n) is 20.9. The van der Waals surface area contributed by atoms with Crippen molar-refractivity contribution in [3.8, 4) is 28.0 Å². The van der Waals surface area contributed by atoms with E-state index in [2.05, 4.69) is 27.8 Å². The van der Waals surface area contributed by atoms with Crippen molar-refractivity contribution in [2.75, 3.05) is 0 Å². The van der Waals surface area contributed by atoms with Crippen molar-refractivity contribution in [1.29, 1.82) is 0 Å². The molecule has 5 aromatic rings. The fraction of sp³-hybridized carbons (Fsp3) is 0.0938. The van der Waals surface area contributed by atoms with Crippen molar-refractivity contribution in [3.05, 3.63) is 120 Å². The molecule has 2 amide bonds. The monoisotopic (exact) mass is 501 g/mol. The van der Waals surface area contributed by atoms with Gasteiger partial charge in [0.05, 0.1) is 0 Å². The summed E-state index contributed by atoms with van der Waals surface area (Å²) in [6.07, 6.45) is 1.63. The van der Waals surface area contributed by atoms with Crippen molar-refractivity contribution < 1.29 is 14.7 Å². The topological polar surface area (TPSA) is 91.3 Å². The van der Waals surface area contributed by atoms with Gasteiger partial charge in [0, 0.05) is 23.7 Å². The number of rotatable bonds is 7. The van der Waals surface area contributed by atoms with Crippen LogP contribution in [0.1, 0.15) is 22.8 Å². The van der Waals surface area contributed by atoms with Crippen LogP contribution in [0.2, 0.25) is 0 Å². The van der Waals surface area contributed by atoms with Gasteiger partial charge in [-0.3, -0.25) is 14.6 Å². The van der Waals surface area contributed by atoms with Crippen LogP contribution in [0.5, 0.6) is 5.75 Å². The molecule has 1 atom stereocenters. The van der Waals surface area contributed by atoms with E-state index in [1.165, 1.54) is 0 Å². The van der Waals surface area contributed by atoms with Gasteiger partial charge in [-0.05, 0) is 65.1 Å². The number of nitrogens with zero attached hydrogens (tertiary/aromatic N) is 1. The summed E-state index contributed by atoms with van der Waals surface area (Å²) in [5, 5.41) is 16.8. The lowest BCUT2D eigenvalue weighted by atomic mass is 10.0. The second-order valence-electron chi connectivity index (χ2n) is 9.13. The molecule has 1 unspecified atom stereocenters. The summed E-state index contributed by atoms with van der Waals surface area (Å²) in [6, 6.07) is 31.7. The molecule has 0 saturated heterocycles. The molecule has 4 aromatic carbocycles. The number of fused-ring (bicyclic) bond motifs is 1.